The summed E-state index contributed by atoms with van der Waals surface area (Å²) in [5, 5.41) is 3.39. The van der Waals surface area contributed by atoms with E-state index in [1.54, 1.807) is 6.92 Å². The highest BCUT2D eigenvalue weighted by molar-refractivity contribution is 5.93. The Labute approximate surface area is 87.8 Å². The molecule has 0 fully saturated rings. The van der Waals surface area contributed by atoms with Crippen LogP contribution < -0.4 is 5.32 Å². The number of nitrogens with one attached hydrogen (secondary N) is 1. The number of Topliss-reactive ketones (excluding diaryl/α,β-unsaturated/α-hetero) is 1. The van der Waals surface area contributed by atoms with Crippen LogP contribution >= 0.6 is 0 Å². The number of allylic oxidation sites excluding steroid dienone is 1. The largest absolute Gasteiger partial charge is 0.312 e. The van der Waals surface area contributed by atoms with Crippen molar-refractivity contribution >= 4 is 5.78 Å². The van der Waals surface area contributed by atoms with Crippen LogP contribution in [0.3, 0.4) is 0 Å². The Bertz CT molecular complexity index is 201. The number of ketones is 1. The van der Waals surface area contributed by atoms with Gasteiger partial charge in [0.1, 0.15) is 0 Å². The molecule has 0 aliphatic rings. The van der Waals surface area contributed by atoms with Gasteiger partial charge in [0.25, 0.3) is 0 Å². The molecule has 0 saturated carbocycles. The van der Waals surface area contributed by atoms with E-state index in [1.807, 2.05) is 0 Å². The third-order valence-electron chi connectivity index (χ3n) is 1.96. The molecular formula is C12H23NO. The van der Waals surface area contributed by atoms with E-state index in [0.717, 1.165) is 19.4 Å². The van der Waals surface area contributed by atoms with E-state index < -0.39 is 0 Å². The fraction of sp³-hybridized carbons (Fsp3) is 0.750. The fourth-order valence-corrected chi connectivity index (χ4v) is 1.09. The maximum Gasteiger partial charge on any atom is 0.157 e. The SMILES string of the molecule is C=C(C)C(=O)CCCCNC(C)(C)C. The monoisotopic (exact) mass is 197 g/mol. The lowest BCUT2D eigenvalue weighted by Crippen LogP contribution is -2.36. The van der Waals surface area contributed by atoms with E-state index in [0.29, 0.717) is 12.0 Å². The number of carbonyl (C=O) groups excluding carboxylic acids is 1. The first kappa shape index (κ1) is 13.4. The van der Waals surface area contributed by atoms with Gasteiger partial charge in [-0.2, -0.15) is 0 Å². The van der Waals surface area contributed by atoms with Crippen molar-refractivity contribution in [1.29, 1.82) is 0 Å². The summed E-state index contributed by atoms with van der Waals surface area (Å²) in [6.45, 7) is 12.8. The molecular weight excluding hydrogens is 174 g/mol. The normalized spacial score (nSPS) is 11.4. The maximum absolute atomic E-state index is 11.2. The summed E-state index contributed by atoms with van der Waals surface area (Å²) in [7, 11) is 0. The minimum absolute atomic E-state index is 0.179. The second-order valence-corrected chi connectivity index (χ2v) is 4.84. The van der Waals surface area contributed by atoms with Gasteiger partial charge in [-0.3, -0.25) is 4.79 Å². The van der Waals surface area contributed by atoms with Gasteiger partial charge in [0.15, 0.2) is 5.78 Å². The number of unbranched alkanes of at least 4 members (excludes halogenated alkanes) is 1. The average molecular weight is 197 g/mol. The van der Waals surface area contributed by atoms with Crippen molar-refractivity contribution in [3.8, 4) is 0 Å². The van der Waals surface area contributed by atoms with Crippen LogP contribution in [0.4, 0.5) is 0 Å². The van der Waals surface area contributed by atoms with Gasteiger partial charge in [-0.25, -0.2) is 0 Å². The molecule has 0 rings (SSSR count). The van der Waals surface area contributed by atoms with Gasteiger partial charge in [0.05, 0.1) is 0 Å². The number of hydrogen-bond donors (Lipinski definition) is 1. The topological polar surface area (TPSA) is 29.1 Å². The molecule has 0 unspecified atom stereocenters. The summed E-state index contributed by atoms with van der Waals surface area (Å²) in [6, 6.07) is 0. The number of rotatable bonds is 6. The van der Waals surface area contributed by atoms with E-state index in [9.17, 15) is 4.79 Å². The third kappa shape index (κ3) is 7.99. The van der Waals surface area contributed by atoms with Gasteiger partial charge in [0.2, 0.25) is 0 Å². The lowest BCUT2D eigenvalue weighted by molar-refractivity contribution is -0.115. The standard InChI is InChI=1S/C12H23NO/c1-10(2)11(14)8-6-7-9-13-12(3,4)5/h13H,1,6-9H2,2-5H3. The second kappa shape index (κ2) is 5.97. The van der Waals surface area contributed by atoms with Gasteiger partial charge in [-0.1, -0.05) is 6.58 Å². The maximum atomic E-state index is 11.2. The molecule has 14 heavy (non-hydrogen) atoms. The molecule has 1 N–H and O–H groups in total. The fourth-order valence-electron chi connectivity index (χ4n) is 1.09. The molecule has 0 saturated heterocycles. The van der Waals surface area contributed by atoms with Crippen LogP contribution in [0.1, 0.15) is 47.0 Å². The van der Waals surface area contributed by atoms with Crippen molar-refractivity contribution in [1.82, 2.24) is 5.32 Å². The summed E-state index contributed by atoms with van der Waals surface area (Å²) in [6.07, 6.45) is 2.65. The van der Waals surface area contributed by atoms with Crippen LogP contribution in [0, 0.1) is 0 Å². The van der Waals surface area contributed by atoms with Crippen LogP contribution in [0.2, 0.25) is 0 Å². The molecule has 2 nitrogen and oxygen atoms in total. The quantitative estimate of drug-likeness (QED) is 0.524. The van der Waals surface area contributed by atoms with Gasteiger partial charge in [-0.15, -0.1) is 0 Å². The zero-order valence-corrected chi connectivity index (χ0v) is 9.94. The highest BCUT2D eigenvalue weighted by Crippen LogP contribution is 2.03. The molecule has 0 aromatic carbocycles. The predicted molar refractivity (Wildman–Crippen MR) is 61.4 cm³/mol. The molecule has 0 amide bonds. The second-order valence-electron chi connectivity index (χ2n) is 4.84. The Hall–Kier alpha value is -0.630. The molecule has 0 radical (unpaired) electrons. The van der Waals surface area contributed by atoms with Crippen molar-refractivity contribution in [2.75, 3.05) is 6.54 Å². The van der Waals surface area contributed by atoms with E-state index in [-0.39, 0.29) is 11.3 Å². The van der Waals surface area contributed by atoms with Crippen LogP contribution in [0.5, 0.6) is 0 Å². The molecule has 0 aliphatic heterocycles. The zero-order chi connectivity index (χ0) is 11.2. The summed E-state index contributed by atoms with van der Waals surface area (Å²) in [5.41, 5.74) is 0.854. The van der Waals surface area contributed by atoms with Gasteiger partial charge in [-0.05, 0) is 52.7 Å². The van der Waals surface area contributed by atoms with Crippen molar-refractivity contribution in [3.63, 3.8) is 0 Å². The summed E-state index contributed by atoms with van der Waals surface area (Å²) in [5.74, 6) is 0.195. The first-order chi connectivity index (χ1) is 6.33. The Morgan fingerprint density at radius 2 is 1.86 bits per heavy atom. The minimum atomic E-state index is 0.179. The lowest BCUT2D eigenvalue weighted by atomic mass is 10.1. The van der Waals surface area contributed by atoms with E-state index >= 15 is 0 Å². The average Bonchev–Trinajstić information content (AvgIpc) is 2.01. The lowest BCUT2D eigenvalue weighted by Gasteiger charge is -2.20. The Balaban J connectivity index is 3.39. The summed E-state index contributed by atoms with van der Waals surface area (Å²) < 4.78 is 0. The summed E-state index contributed by atoms with van der Waals surface area (Å²) in [4.78, 5) is 11.2. The summed E-state index contributed by atoms with van der Waals surface area (Å²) >= 11 is 0. The molecule has 0 heterocycles. The molecule has 0 aliphatic carbocycles. The highest BCUT2D eigenvalue weighted by Gasteiger charge is 2.07. The van der Waals surface area contributed by atoms with Crippen molar-refractivity contribution in [2.45, 2.75) is 52.5 Å². The van der Waals surface area contributed by atoms with E-state index in [4.69, 9.17) is 0 Å². The Morgan fingerprint density at radius 1 is 1.29 bits per heavy atom. The van der Waals surface area contributed by atoms with Gasteiger partial charge >= 0.3 is 0 Å². The Kier molecular flexibility index (Phi) is 5.70. The van der Waals surface area contributed by atoms with Crippen molar-refractivity contribution in [2.24, 2.45) is 0 Å². The molecule has 0 aromatic rings. The van der Waals surface area contributed by atoms with Crippen LogP contribution in [0.15, 0.2) is 12.2 Å². The van der Waals surface area contributed by atoms with E-state index in [2.05, 4.69) is 32.7 Å². The third-order valence-corrected chi connectivity index (χ3v) is 1.96. The zero-order valence-electron chi connectivity index (χ0n) is 9.94. The molecule has 0 bridgehead atoms. The van der Waals surface area contributed by atoms with Crippen LogP contribution in [-0.4, -0.2) is 17.9 Å². The first-order valence-corrected chi connectivity index (χ1v) is 5.26. The number of carbonyl (C=O) groups is 1. The number of hydrogen-bond acceptors (Lipinski definition) is 2. The highest BCUT2D eigenvalue weighted by atomic mass is 16.1. The van der Waals surface area contributed by atoms with Gasteiger partial charge in [0, 0.05) is 12.0 Å². The van der Waals surface area contributed by atoms with E-state index in [1.165, 1.54) is 0 Å². The predicted octanol–water partition coefficient (Wildman–Crippen LogP) is 2.69. The first-order valence-electron chi connectivity index (χ1n) is 5.26. The smallest absolute Gasteiger partial charge is 0.157 e. The molecule has 2 heteroatoms. The molecule has 82 valence electrons. The molecule has 0 aromatic heterocycles. The van der Waals surface area contributed by atoms with Crippen molar-refractivity contribution in [3.05, 3.63) is 12.2 Å². The van der Waals surface area contributed by atoms with Crippen LogP contribution in [-0.2, 0) is 4.79 Å². The molecule has 0 spiro atoms. The van der Waals surface area contributed by atoms with Crippen LogP contribution in [0.25, 0.3) is 0 Å². The Morgan fingerprint density at radius 3 is 2.29 bits per heavy atom. The molecule has 0 atom stereocenters. The van der Waals surface area contributed by atoms with Gasteiger partial charge < -0.3 is 5.32 Å². The minimum Gasteiger partial charge on any atom is -0.312 e. The van der Waals surface area contributed by atoms with Crippen molar-refractivity contribution < 1.29 is 4.79 Å².